The summed E-state index contributed by atoms with van der Waals surface area (Å²) in [6.45, 7) is -2.18. The van der Waals surface area contributed by atoms with Crippen LogP contribution in [0.5, 0.6) is 11.5 Å². The highest BCUT2D eigenvalue weighted by atomic mass is 30.4. The quantitative estimate of drug-likeness (QED) is 0.197. The van der Waals surface area contributed by atoms with Gasteiger partial charge in [-0.15, -0.1) is 0 Å². The number of terminal acetylenes is 3. The summed E-state index contributed by atoms with van der Waals surface area (Å²) in [5.41, 5.74) is 2.20. The average Bonchev–Trinajstić information content (AvgIpc) is 2.67. The highest BCUT2D eigenvalue weighted by Crippen LogP contribution is 2.35. The van der Waals surface area contributed by atoms with E-state index < -0.39 is 28.4 Å². The zero-order valence-electron chi connectivity index (χ0n) is 19.9. The maximum Gasteiger partial charge on any atom is 0.432 e. The normalized spacial score (nSPS) is 16.8. The van der Waals surface area contributed by atoms with Crippen LogP contribution in [0.25, 0.3) is 0 Å². The van der Waals surface area contributed by atoms with E-state index in [0.717, 1.165) is 54.6 Å². The number of benzene rings is 1. The van der Waals surface area contributed by atoms with Gasteiger partial charge in [0.25, 0.3) is 0 Å². The monoisotopic (exact) mass is 570 g/mol. The van der Waals surface area contributed by atoms with E-state index in [1.807, 2.05) is 13.0 Å². The predicted octanol–water partition coefficient (Wildman–Crippen LogP) is -5.01. The van der Waals surface area contributed by atoms with Gasteiger partial charge in [-0.2, -0.15) is 0 Å². The van der Waals surface area contributed by atoms with E-state index in [2.05, 4.69) is 24.4 Å². The Morgan fingerprint density at radius 3 is 1.94 bits per heavy atom. The molecule has 1 aromatic carbocycles. The summed E-state index contributed by atoms with van der Waals surface area (Å²) in [5, 5.41) is 0. The average molecular weight is 571 g/mol. The lowest BCUT2D eigenvalue weighted by molar-refractivity contribution is 0.395. The van der Waals surface area contributed by atoms with Crippen LogP contribution in [0.2, 0.25) is 6.04 Å². The third-order valence-corrected chi connectivity index (χ3v) is 155. The first-order valence-corrected chi connectivity index (χ1v) is 38.4. The maximum absolute atomic E-state index is 6.24. The first kappa shape index (κ1) is 27.9. The van der Waals surface area contributed by atoms with Gasteiger partial charge in [0.2, 0.25) is 6.87 Å². The molecule has 168 valence electrons. The van der Waals surface area contributed by atoms with Crippen LogP contribution in [-0.4, -0.2) is 91.5 Å². The molecular weight excluding hydrogens is 537 g/mol. The number of ether oxygens (including phenoxy) is 2. The predicted molar refractivity (Wildman–Crippen MR) is 157 cm³/mol. The number of hydrogen-bond donors (Lipinski definition) is 0. The molecule has 31 heavy (non-hydrogen) atoms. The van der Waals surface area contributed by atoms with E-state index in [1.54, 1.807) is 14.2 Å². The van der Waals surface area contributed by atoms with Gasteiger partial charge in [0.15, 0.2) is 6.63 Å². The zero-order valence-corrected chi connectivity index (χ0v) is 34.1. The fourth-order valence-corrected chi connectivity index (χ4v) is 274. The van der Waals surface area contributed by atoms with Gasteiger partial charge in [-0.1, -0.05) is 25.3 Å². The van der Waals surface area contributed by atoms with E-state index in [0.29, 0.717) is 0 Å². The second-order valence-electron chi connectivity index (χ2n) is 8.89. The Kier molecular flexibility index (Phi) is 10.5. The lowest BCUT2D eigenvalue weighted by Gasteiger charge is -2.50. The summed E-state index contributed by atoms with van der Waals surface area (Å²) in [6.07, 6.45) is 23.8. The molecule has 0 saturated heterocycles. The summed E-state index contributed by atoms with van der Waals surface area (Å²) < 4.78 is 29.5. The van der Waals surface area contributed by atoms with Crippen molar-refractivity contribution < 1.29 is 22.8 Å². The van der Waals surface area contributed by atoms with Crippen LogP contribution in [0.15, 0.2) is 12.1 Å². The van der Waals surface area contributed by atoms with Crippen molar-refractivity contribution in [2.45, 2.75) is 19.4 Å². The molecule has 1 atom stereocenters. The van der Waals surface area contributed by atoms with Crippen molar-refractivity contribution in [2.24, 2.45) is 0 Å². The molecule has 5 nitrogen and oxygen atoms in total. The Hall–Kier alpha value is -1.15. The van der Waals surface area contributed by atoms with Crippen LogP contribution >= 0.6 is 0 Å². The first-order valence-electron chi connectivity index (χ1n) is 10.0. The van der Waals surface area contributed by atoms with Crippen LogP contribution in [0.3, 0.4) is 0 Å². The second kappa shape index (κ2) is 11.6. The van der Waals surface area contributed by atoms with Crippen molar-refractivity contribution in [1.82, 2.24) is 0 Å². The molecule has 0 saturated carbocycles. The van der Waals surface area contributed by atoms with E-state index in [1.165, 1.54) is 29.3 Å². The van der Waals surface area contributed by atoms with E-state index >= 15 is 0 Å². The molecule has 0 heterocycles. The summed E-state index contributed by atoms with van der Waals surface area (Å²) in [6, 6.07) is 5.09. The Labute approximate surface area is 205 Å². The first-order chi connectivity index (χ1) is 14.4. The fraction of sp³-hybridized carbons (Fsp3) is 0.294. The van der Waals surface area contributed by atoms with Crippen LogP contribution in [0.4, 0.5) is 0 Å². The minimum Gasteiger partial charge on any atom is -0.514 e. The molecule has 1 rings (SSSR count). The Morgan fingerprint density at radius 2 is 1.52 bits per heavy atom. The number of hydrogen-bond acceptors (Lipinski definition) is 5. The van der Waals surface area contributed by atoms with Gasteiger partial charge in [-0.25, -0.2) is 0 Å². The topological polar surface area (TPSA) is 46.2 Å². The van der Waals surface area contributed by atoms with Crippen LogP contribution in [0.1, 0.15) is 11.1 Å². The molecule has 0 fully saturated rings. The summed E-state index contributed by atoms with van der Waals surface area (Å²) in [5.74, 6) is 1.74. The van der Waals surface area contributed by atoms with Crippen molar-refractivity contribution in [1.29, 1.82) is 0 Å². The molecule has 0 bridgehead atoms. The molecule has 0 aliphatic carbocycles. The van der Waals surface area contributed by atoms with Gasteiger partial charge in [0.05, 0.1) is 32.5 Å². The summed E-state index contributed by atoms with van der Waals surface area (Å²) >= 11 is 0. The molecule has 0 N–H and O–H groups in total. The van der Waals surface area contributed by atoms with Gasteiger partial charge in [0, 0.05) is 25.7 Å². The summed E-state index contributed by atoms with van der Waals surface area (Å²) in [7, 11) is 6.62. The minimum atomic E-state index is -2.29. The lowest BCUT2D eigenvalue weighted by atomic mass is 10.1. The van der Waals surface area contributed by atoms with Crippen molar-refractivity contribution in [2.75, 3.05) is 14.2 Å². The number of aryl methyl sites for hydroxylation is 2. The standard InChI is InChI=1S/C17H34O5Si9/c1-7-20-28(21-8-2)29(31(25,26)27,30(23,24)22-9-3)11-10-15-13-16(18-5)12-14(4)17(15)19-6/h1-3,12-13,28H,10-11H2,4-6,23-27H3. The molecule has 0 amide bonds. The van der Waals surface area contributed by atoms with Crippen LogP contribution in [0, 0.1) is 44.5 Å². The number of rotatable bonds is 11. The zero-order chi connectivity index (χ0) is 23.9. The molecule has 14 heteroatoms. The fourth-order valence-electron chi connectivity index (χ4n) is 4.66. The van der Waals surface area contributed by atoms with Gasteiger partial charge in [-0.3, -0.25) is 0 Å². The van der Waals surface area contributed by atoms with E-state index in [4.69, 9.17) is 42.0 Å². The minimum absolute atomic E-state index is 0.834. The molecule has 0 aliphatic rings. The number of methoxy groups -OCH3 is 2. The molecule has 1 aromatic rings. The summed E-state index contributed by atoms with van der Waals surface area (Å²) in [4.78, 5) is 0. The van der Waals surface area contributed by atoms with Gasteiger partial charge >= 0.3 is 8.80 Å². The SMILES string of the molecule is C#CO[SiH](OC#C)[Si](CCc1cc(OC)cc(C)c1OC)([Si]([SiH3])([SiH3])[SiH3])[Si]([SiH3])([SiH3])OC#C. The lowest BCUT2D eigenvalue weighted by Crippen LogP contribution is -2.88. The van der Waals surface area contributed by atoms with Crippen molar-refractivity contribution in [3.8, 4) is 49.1 Å². The molecular formula is C17H34O5Si9. The Morgan fingerprint density at radius 1 is 0.935 bits per heavy atom. The largest absolute Gasteiger partial charge is 0.514 e. The van der Waals surface area contributed by atoms with E-state index in [-0.39, 0.29) is 0 Å². The molecule has 1 unspecified atom stereocenters. The highest BCUT2D eigenvalue weighted by molar-refractivity contribution is 8.11. The van der Waals surface area contributed by atoms with Gasteiger partial charge in [-0.05, 0) is 65.9 Å². The molecule has 0 radical (unpaired) electrons. The maximum atomic E-state index is 6.24. The van der Waals surface area contributed by atoms with Gasteiger partial charge < -0.3 is 22.8 Å². The van der Waals surface area contributed by atoms with Crippen molar-refractivity contribution >= 4 is 77.2 Å². The third kappa shape index (κ3) is 6.01. The highest BCUT2D eigenvalue weighted by Gasteiger charge is 2.67. The molecule has 0 aliphatic heterocycles. The molecule has 0 aromatic heterocycles. The van der Waals surface area contributed by atoms with Gasteiger partial charge in [0.1, 0.15) is 11.5 Å². The van der Waals surface area contributed by atoms with E-state index in [9.17, 15) is 0 Å². The van der Waals surface area contributed by atoms with Crippen LogP contribution in [-0.2, 0) is 19.7 Å². The Balaban J connectivity index is 3.70. The smallest absolute Gasteiger partial charge is 0.432 e. The van der Waals surface area contributed by atoms with Crippen LogP contribution < -0.4 is 9.47 Å². The molecule has 0 spiro atoms. The van der Waals surface area contributed by atoms with Crippen molar-refractivity contribution in [3.63, 3.8) is 0 Å². The Bertz CT molecular complexity index is 881. The van der Waals surface area contributed by atoms with Crippen molar-refractivity contribution in [3.05, 3.63) is 23.3 Å². The third-order valence-electron chi connectivity index (χ3n) is 6.03. The second-order valence-corrected chi connectivity index (χ2v) is 116.